The first-order chi connectivity index (χ1) is 7.66. The van der Waals surface area contributed by atoms with Crippen LogP contribution in [0.15, 0.2) is 44.0 Å². The molecule has 2 aromatic heterocycles. The van der Waals surface area contributed by atoms with Gasteiger partial charge in [0.15, 0.2) is 10.4 Å². The maximum atomic E-state index is 11.9. The van der Waals surface area contributed by atoms with E-state index in [0.29, 0.717) is 17.0 Å². The molecule has 0 saturated heterocycles. The van der Waals surface area contributed by atoms with Crippen molar-refractivity contribution in [3.63, 3.8) is 0 Å². The summed E-state index contributed by atoms with van der Waals surface area (Å²) in [7, 11) is 1.70. The fourth-order valence-corrected chi connectivity index (χ4v) is 1.63. The monoisotopic (exact) mass is 283 g/mol. The summed E-state index contributed by atoms with van der Waals surface area (Å²) in [4.78, 5) is 13.4. The van der Waals surface area contributed by atoms with Crippen LogP contribution in [-0.2, 0) is 6.54 Å². The van der Waals surface area contributed by atoms with Crippen LogP contribution in [0.2, 0.25) is 0 Å². The molecular formula is C11H10BrNO3. The van der Waals surface area contributed by atoms with Gasteiger partial charge in [0.05, 0.1) is 12.8 Å². The molecule has 0 unspecified atom stereocenters. The van der Waals surface area contributed by atoms with E-state index in [4.69, 9.17) is 8.83 Å². The number of carbonyl (C=O) groups is 1. The highest BCUT2D eigenvalue weighted by atomic mass is 79.9. The number of carbonyl (C=O) groups excluding carboxylic acids is 1. The van der Waals surface area contributed by atoms with Crippen molar-refractivity contribution in [2.24, 2.45) is 0 Å². The van der Waals surface area contributed by atoms with Gasteiger partial charge in [0.25, 0.3) is 5.91 Å². The molecule has 2 aromatic rings. The summed E-state index contributed by atoms with van der Waals surface area (Å²) in [6, 6.07) is 6.93. The molecule has 5 heteroatoms. The fourth-order valence-electron chi connectivity index (χ4n) is 1.33. The minimum Gasteiger partial charge on any atom is -0.467 e. The molecule has 16 heavy (non-hydrogen) atoms. The van der Waals surface area contributed by atoms with Crippen molar-refractivity contribution < 1.29 is 13.6 Å². The van der Waals surface area contributed by atoms with E-state index in [1.165, 1.54) is 4.90 Å². The number of amides is 1. The summed E-state index contributed by atoms with van der Waals surface area (Å²) in [5.41, 5.74) is 0. The van der Waals surface area contributed by atoms with Crippen LogP contribution in [0.4, 0.5) is 0 Å². The maximum absolute atomic E-state index is 11.9. The molecule has 84 valence electrons. The van der Waals surface area contributed by atoms with Crippen molar-refractivity contribution in [2.45, 2.75) is 6.54 Å². The zero-order valence-electron chi connectivity index (χ0n) is 8.64. The van der Waals surface area contributed by atoms with Gasteiger partial charge in [-0.05, 0) is 40.2 Å². The first-order valence-corrected chi connectivity index (χ1v) is 5.49. The Labute approximate surface area is 101 Å². The average Bonchev–Trinajstić information content (AvgIpc) is 2.88. The molecule has 0 aliphatic rings. The van der Waals surface area contributed by atoms with Crippen LogP contribution in [0.5, 0.6) is 0 Å². The highest BCUT2D eigenvalue weighted by Crippen LogP contribution is 2.16. The molecule has 0 fully saturated rings. The molecule has 0 N–H and O–H groups in total. The van der Waals surface area contributed by atoms with Gasteiger partial charge in [-0.2, -0.15) is 0 Å². The highest BCUT2D eigenvalue weighted by Gasteiger charge is 2.16. The second-order valence-electron chi connectivity index (χ2n) is 3.34. The number of rotatable bonds is 3. The molecule has 2 heterocycles. The third-order valence-electron chi connectivity index (χ3n) is 2.10. The first kappa shape index (κ1) is 11.0. The van der Waals surface area contributed by atoms with Crippen molar-refractivity contribution in [3.05, 3.63) is 46.7 Å². The molecule has 0 bridgehead atoms. The smallest absolute Gasteiger partial charge is 0.289 e. The number of nitrogens with zero attached hydrogens (tertiary/aromatic N) is 1. The Bertz CT molecular complexity index is 475. The minimum absolute atomic E-state index is 0.179. The van der Waals surface area contributed by atoms with Gasteiger partial charge >= 0.3 is 0 Å². The predicted molar refractivity (Wildman–Crippen MR) is 60.9 cm³/mol. The van der Waals surface area contributed by atoms with Crippen molar-refractivity contribution in [3.8, 4) is 0 Å². The summed E-state index contributed by atoms with van der Waals surface area (Å²) in [6.07, 6.45) is 1.58. The zero-order valence-corrected chi connectivity index (χ0v) is 10.2. The quantitative estimate of drug-likeness (QED) is 0.870. The standard InChI is InChI=1S/C11H10BrNO3/c1-13(7-8-3-2-6-15-8)11(14)9-4-5-10(12)16-9/h2-6H,7H2,1H3. The summed E-state index contributed by atoms with van der Waals surface area (Å²) in [6.45, 7) is 0.421. The van der Waals surface area contributed by atoms with Gasteiger partial charge in [-0.1, -0.05) is 0 Å². The lowest BCUT2D eigenvalue weighted by Crippen LogP contribution is -2.25. The topological polar surface area (TPSA) is 46.6 Å². The summed E-state index contributed by atoms with van der Waals surface area (Å²) < 4.78 is 10.9. The molecule has 0 aromatic carbocycles. The Morgan fingerprint density at radius 3 is 2.81 bits per heavy atom. The van der Waals surface area contributed by atoms with E-state index in [-0.39, 0.29) is 5.91 Å². The van der Waals surface area contributed by atoms with E-state index in [0.717, 1.165) is 5.76 Å². The SMILES string of the molecule is CN(Cc1ccco1)C(=O)c1ccc(Br)o1. The van der Waals surface area contributed by atoms with Crippen LogP contribution in [0, 0.1) is 0 Å². The van der Waals surface area contributed by atoms with Gasteiger partial charge in [-0.25, -0.2) is 0 Å². The van der Waals surface area contributed by atoms with Gasteiger partial charge in [0, 0.05) is 7.05 Å². The Kier molecular flexibility index (Phi) is 3.14. The molecule has 0 aliphatic carbocycles. The van der Waals surface area contributed by atoms with Crippen LogP contribution in [0.25, 0.3) is 0 Å². The molecule has 1 amide bonds. The second-order valence-corrected chi connectivity index (χ2v) is 4.13. The van der Waals surface area contributed by atoms with E-state index in [1.54, 1.807) is 31.5 Å². The lowest BCUT2D eigenvalue weighted by molar-refractivity contribution is 0.0742. The lowest BCUT2D eigenvalue weighted by Gasteiger charge is -2.13. The molecular weight excluding hydrogens is 274 g/mol. The number of furan rings is 2. The number of halogens is 1. The fraction of sp³-hybridized carbons (Fsp3) is 0.182. The molecule has 2 rings (SSSR count). The zero-order chi connectivity index (χ0) is 11.5. The highest BCUT2D eigenvalue weighted by molar-refractivity contribution is 9.10. The van der Waals surface area contributed by atoms with Gasteiger partial charge in [-0.15, -0.1) is 0 Å². The number of hydrogen-bond acceptors (Lipinski definition) is 3. The van der Waals surface area contributed by atoms with Crippen LogP contribution in [0.3, 0.4) is 0 Å². The Morgan fingerprint density at radius 2 is 2.25 bits per heavy atom. The van der Waals surface area contributed by atoms with Crippen molar-refractivity contribution in [1.29, 1.82) is 0 Å². The largest absolute Gasteiger partial charge is 0.467 e. The Balaban J connectivity index is 2.05. The van der Waals surface area contributed by atoms with E-state index in [9.17, 15) is 4.79 Å². The van der Waals surface area contributed by atoms with Crippen molar-refractivity contribution in [2.75, 3.05) is 7.05 Å². The van der Waals surface area contributed by atoms with E-state index < -0.39 is 0 Å². The molecule has 0 atom stereocenters. The lowest BCUT2D eigenvalue weighted by atomic mass is 10.3. The Morgan fingerprint density at radius 1 is 1.44 bits per heavy atom. The Hall–Kier alpha value is -1.49. The van der Waals surface area contributed by atoms with Gasteiger partial charge in [0.2, 0.25) is 0 Å². The molecule has 4 nitrogen and oxygen atoms in total. The average molecular weight is 284 g/mol. The molecule has 0 aliphatic heterocycles. The maximum Gasteiger partial charge on any atom is 0.289 e. The van der Waals surface area contributed by atoms with E-state index >= 15 is 0 Å². The van der Waals surface area contributed by atoms with Gasteiger partial charge < -0.3 is 13.7 Å². The van der Waals surface area contributed by atoms with Crippen molar-refractivity contribution >= 4 is 21.8 Å². The van der Waals surface area contributed by atoms with Crippen LogP contribution >= 0.6 is 15.9 Å². The first-order valence-electron chi connectivity index (χ1n) is 4.70. The summed E-state index contributed by atoms with van der Waals surface area (Å²) >= 11 is 3.15. The third kappa shape index (κ3) is 2.36. The van der Waals surface area contributed by atoms with Gasteiger partial charge in [-0.3, -0.25) is 4.79 Å². The summed E-state index contributed by atoms with van der Waals surface area (Å²) in [5, 5.41) is 0. The van der Waals surface area contributed by atoms with E-state index in [1.807, 2.05) is 6.07 Å². The normalized spacial score (nSPS) is 10.4. The van der Waals surface area contributed by atoms with Crippen LogP contribution in [0.1, 0.15) is 16.3 Å². The predicted octanol–water partition coefficient (Wildman–Crippen LogP) is 2.91. The molecule has 0 radical (unpaired) electrons. The number of hydrogen-bond donors (Lipinski definition) is 0. The molecule has 0 saturated carbocycles. The van der Waals surface area contributed by atoms with Crippen molar-refractivity contribution in [1.82, 2.24) is 4.90 Å². The third-order valence-corrected chi connectivity index (χ3v) is 2.53. The van der Waals surface area contributed by atoms with Gasteiger partial charge in [0.1, 0.15) is 5.76 Å². The molecule has 0 spiro atoms. The summed E-state index contributed by atoms with van der Waals surface area (Å²) in [5.74, 6) is 0.865. The minimum atomic E-state index is -0.179. The van der Waals surface area contributed by atoms with Crippen LogP contribution in [-0.4, -0.2) is 17.9 Å². The second kappa shape index (κ2) is 4.57. The van der Waals surface area contributed by atoms with Crippen LogP contribution < -0.4 is 0 Å². The van der Waals surface area contributed by atoms with E-state index in [2.05, 4.69) is 15.9 Å².